The second kappa shape index (κ2) is 8.36. The van der Waals surface area contributed by atoms with E-state index in [9.17, 15) is 4.79 Å². The fourth-order valence-electron chi connectivity index (χ4n) is 4.61. The molecule has 0 saturated carbocycles. The van der Waals surface area contributed by atoms with Crippen molar-refractivity contribution >= 4 is 11.9 Å². The van der Waals surface area contributed by atoms with E-state index in [1.165, 1.54) is 0 Å². The number of rotatable bonds is 5. The fraction of sp³-hybridized carbons (Fsp3) is 0.773. The van der Waals surface area contributed by atoms with E-state index < -0.39 is 0 Å². The van der Waals surface area contributed by atoms with E-state index in [1.807, 2.05) is 6.20 Å². The molecule has 1 N–H and O–H groups in total. The monoisotopic (exact) mass is 388 g/mol. The number of carbonyl (C=O) groups is 1. The van der Waals surface area contributed by atoms with Crippen LogP contribution in [-0.4, -0.2) is 41.2 Å². The van der Waals surface area contributed by atoms with Gasteiger partial charge in [-0.15, -0.1) is 0 Å². The van der Waals surface area contributed by atoms with E-state index in [0.29, 0.717) is 0 Å². The average molecular weight is 389 g/mol. The van der Waals surface area contributed by atoms with Gasteiger partial charge in [-0.25, -0.2) is 9.97 Å². The third-order valence-corrected chi connectivity index (χ3v) is 6.04. The van der Waals surface area contributed by atoms with Gasteiger partial charge in [0.1, 0.15) is 0 Å². The summed E-state index contributed by atoms with van der Waals surface area (Å²) in [5.74, 6) is 1.01. The number of nitrogens with one attached hydrogen (secondary N) is 1. The molecule has 1 aliphatic carbocycles. The Hall–Kier alpha value is -1.69. The van der Waals surface area contributed by atoms with Crippen LogP contribution in [-0.2, 0) is 16.0 Å². The van der Waals surface area contributed by atoms with Gasteiger partial charge in [-0.3, -0.25) is 4.79 Å². The maximum Gasteiger partial charge on any atom is 0.225 e. The summed E-state index contributed by atoms with van der Waals surface area (Å²) in [5.41, 5.74) is 2.25. The molecular formula is C22H36N4O2. The molecule has 1 saturated heterocycles. The first-order valence-electron chi connectivity index (χ1n) is 10.8. The smallest absolute Gasteiger partial charge is 0.225 e. The number of ether oxygens (including phenoxy) is 1. The maximum atomic E-state index is 12.7. The van der Waals surface area contributed by atoms with E-state index in [-0.39, 0.29) is 35.5 Å². The highest BCUT2D eigenvalue weighted by Gasteiger charge is 2.36. The number of hydrogen-bond donors (Lipinski definition) is 1. The van der Waals surface area contributed by atoms with Crippen LogP contribution in [0.3, 0.4) is 0 Å². The molecule has 6 heteroatoms. The van der Waals surface area contributed by atoms with Crippen LogP contribution < -0.4 is 10.2 Å². The third-order valence-electron chi connectivity index (χ3n) is 6.04. The van der Waals surface area contributed by atoms with Crippen molar-refractivity contribution in [2.24, 2.45) is 11.3 Å². The SMILES string of the molecule is CCC(CC)C(=O)N[C@@H]1CC(C)(C)Cc2nc(N3C[C@@H](C)O[C@@H](C)C3)ncc21. The van der Waals surface area contributed by atoms with Crippen LogP contribution in [0.1, 0.15) is 78.1 Å². The summed E-state index contributed by atoms with van der Waals surface area (Å²) in [6, 6.07) is -0.0107. The van der Waals surface area contributed by atoms with Crippen molar-refractivity contribution < 1.29 is 9.53 Å². The topological polar surface area (TPSA) is 67.4 Å². The van der Waals surface area contributed by atoms with Crippen LogP contribution in [0.4, 0.5) is 5.95 Å². The van der Waals surface area contributed by atoms with Gasteiger partial charge in [0.2, 0.25) is 11.9 Å². The normalized spacial score (nSPS) is 26.8. The highest BCUT2D eigenvalue weighted by molar-refractivity contribution is 5.79. The Bertz CT molecular complexity index is 692. The van der Waals surface area contributed by atoms with Gasteiger partial charge in [0, 0.05) is 30.8 Å². The third kappa shape index (κ3) is 4.65. The van der Waals surface area contributed by atoms with Crippen molar-refractivity contribution in [2.75, 3.05) is 18.0 Å². The van der Waals surface area contributed by atoms with Gasteiger partial charge >= 0.3 is 0 Å². The van der Waals surface area contributed by atoms with Gasteiger partial charge < -0.3 is 15.0 Å². The van der Waals surface area contributed by atoms with Crippen molar-refractivity contribution in [3.05, 3.63) is 17.5 Å². The lowest BCUT2D eigenvalue weighted by Crippen LogP contribution is -2.46. The molecule has 0 spiro atoms. The molecule has 0 bridgehead atoms. The van der Waals surface area contributed by atoms with E-state index in [0.717, 1.165) is 56.0 Å². The Morgan fingerprint density at radius 2 is 1.93 bits per heavy atom. The molecule has 6 nitrogen and oxygen atoms in total. The zero-order valence-electron chi connectivity index (χ0n) is 18.3. The Labute approximate surface area is 169 Å². The Morgan fingerprint density at radius 1 is 1.29 bits per heavy atom. The highest BCUT2D eigenvalue weighted by Crippen LogP contribution is 2.40. The first-order chi connectivity index (χ1) is 13.2. The van der Waals surface area contributed by atoms with Crippen LogP contribution in [0.2, 0.25) is 0 Å². The van der Waals surface area contributed by atoms with E-state index in [1.54, 1.807) is 0 Å². The molecule has 0 unspecified atom stereocenters. The Morgan fingerprint density at radius 3 is 2.54 bits per heavy atom. The van der Waals surface area contributed by atoms with Crippen molar-refractivity contribution in [1.82, 2.24) is 15.3 Å². The molecule has 3 rings (SSSR count). The lowest BCUT2D eigenvalue weighted by atomic mass is 9.74. The van der Waals surface area contributed by atoms with Crippen LogP contribution >= 0.6 is 0 Å². The Kier molecular flexibility index (Phi) is 6.28. The summed E-state index contributed by atoms with van der Waals surface area (Å²) in [7, 11) is 0. The number of hydrogen-bond acceptors (Lipinski definition) is 5. The molecule has 1 aromatic heterocycles. The molecule has 3 atom stereocenters. The van der Waals surface area contributed by atoms with Gasteiger partial charge in [-0.2, -0.15) is 0 Å². The first-order valence-corrected chi connectivity index (χ1v) is 10.8. The molecular weight excluding hydrogens is 352 g/mol. The van der Waals surface area contributed by atoms with Crippen molar-refractivity contribution in [2.45, 2.75) is 85.5 Å². The minimum absolute atomic E-state index is 0.0107. The van der Waals surface area contributed by atoms with Gasteiger partial charge in [0.25, 0.3) is 0 Å². The van der Waals surface area contributed by atoms with Crippen LogP contribution in [0, 0.1) is 11.3 Å². The minimum Gasteiger partial charge on any atom is -0.372 e. The summed E-state index contributed by atoms with van der Waals surface area (Å²) in [5, 5.41) is 3.29. The van der Waals surface area contributed by atoms with Crippen molar-refractivity contribution in [1.29, 1.82) is 0 Å². The number of nitrogens with zero attached hydrogens (tertiary/aromatic N) is 3. The summed E-state index contributed by atoms with van der Waals surface area (Å²) in [6.45, 7) is 14.5. The minimum atomic E-state index is -0.0107. The fourth-order valence-corrected chi connectivity index (χ4v) is 4.61. The van der Waals surface area contributed by atoms with E-state index >= 15 is 0 Å². The van der Waals surface area contributed by atoms with Gasteiger partial charge in [0.15, 0.2) is 0 Å². The molecule has 1 aromatic rings. The molecule has 0 aromatic carbocycles. The van der Waals surface area contributed by atoms with Crippen LogP contribution in [0.25, 0.3) is 0 Å². The standard InChI is InChI=1S/C22H36N4O2/c1-7-16(8-2)20(27)24-18-9-22(5,6)10-19-17(18)11-23-21(25-19)26-12-14(3)28-15(4)13-26/h11,14-16,18H,7-10,12-13H2,1-6H3,(H,24,27)/t14-,15+,18-/m1/s1. The van der Waals surface area contributed by atoms with Gasteiger partial charge in [-0.1, -0.05) is 27.7 Å². The van der Waals surface area contributed by atoms with Crippen molar-refractivity contribution in [3.8, 4) is 0 Å². The van der Waals surface area contributed by atoms with Crippen molar-refractivity contribution in [3.63, 3.8) is 0 Å². The second-order valence-electron chi connectivity index (χ2n) is 9.35. The largest absolute Gasteiger partial charge is 0.372 e. The second-order valence-corrected chi connectivity index (χ2v) is 9.35. The summed E-state index contributed by atoms with van der Waals surface area (Å²) >= 11 is 0. The summed E-state index contributed by atoms with van der Waals surface area (Å²) < 4.78 is 5.84. The predicted molar refractivity (Wildman–Crippen MR) is 111 cm³/mol. The zero-order valence-corrected chi connectivity index (χ0v) is 18.3. The summed E-state index contributed by atoms with van der Waals surface area (Å²) in [6.07, 6.45) is 5.85. The molecule has 2 heterocycles. The van der Waals surface area contributed by atoms with E-state index in [4.69, 9.17) is 9.72 Å². The summed E-state index contributed by atoms with van der Waals surface area (Å²) in [4.78, 5) is 24.6. The number of amides is 1. The van der Waals surface area contributed by atoms with Gasteiger partial charge in [-0.05, 0) is 44.9 Å². The molecule has 28 heavy (non-hydrogen) atoms. The molecule has 2 aliphatic rings. The maximum absolute atomic E-state index is 12.7. The molecule has 0 radical (unpaired) electrons. The molecule has 156 valence electrons. The number of morpholine rings is 1. The van der Waals surface area contributed by atoms with Gasteiger partial charge in [0.05, 0.1) is 23.9 Å². The predicted octanol–water partition coefficient (Wildman–Crippen LogP) is 3.66. The number of carbonyl (C=O) groups excluding carboxylic acids is 1. The number of anilines is 1. The van der Waals surface area contributed by atoms with Crippen LogP contribution in [0.15, 0.2) is 6.20 Å². The highest BCUT2D eigenvalue weighted by atomic mass is 16.5. The lowest BCUT2D eigenvalue weighted by Gasteiger charge is -2.39. The zero-order chi connectivity index (χ0) is 20.5. The number of fused-ring (bicyclic) bond motifs is 1. The average Bonchev–Trinajstić information content (AvgIpc) is 2.60. The lowest BCUT2D eigenvalue weighted by molar-refractivity contribution is -0.126. The first kappa shape index (κ1) is 21.0. The molecule has 1 aliphatic heterocycles. The molecule has 1 fully saturated rings. The Balaban J connectivity index is 1.85. The van der Waals surface area contributed by atoms with Crippen LogP contribution in [0.5, 0.6) is 0 Å². The van der Waals surface area contributed by atoms with E-state index in [2.05, 4.69) is 56.7 Å². The quantitative estimate of drug-likeness (QED) is 0.834. The number of aromatic nitrogens is 2. The molecule has 1 amide bonds.